The van der Waals surface area contributed by atoms with Gasteiger partial charge in [-0.05, 0) is 6.07 Å². The van der Waals surface area contributed by atoms with E-state index in [1.165, 1.54) is 0 Å². The molecule has 1 unspecified atom stereocenters. The van der Waals surface area contributed by atoms with E-state index in [4.69, 9.17) is 0 Å². The summed E-state index contributed by atoms with van der Waals surface area (Å²) in [4.78, 5) is 12.4. The molecular weight excluding hydrogens is 244 g/mol. The molecule has 0 saturated carbocycles. The van der Waals surface area contributed by atoms with E-state index < -0.39 is 0 Å². The highest BCUT2D eigenvalue weighted by Gasteiger charge is 2.21. The first-order valence-corrected chi connectivity index (χ1v) is 6.48. The number of benzene rings is 1. The Morgan fingerprint density at radius 3 is 2.95 bits per heavy atom. The molecule has 19 heavy (non-hydrogen) atoms. The molecule has 0 bridgehead atoms. The van der Waals surface area contributed by atoms with Crippen molar-refractivity contribution in [3.63, 3.8) is 0 Å². The minimum absolute atomic E-state index is 0.0427. The lowest BCUT2D eigenvalue weighted by Crippen LogP contribution is -2.48. The average Bonchev–Trinajstić information content (AvgIpc) is 2.72. The van der Waals surface area contributed by atoms with Crippen LogP contribution < -0.4 is 16.3 Å². The molecule has 2 heterocycles. The molecule has 102 valence electrons. The van der Waals surface area contributed by atoms with Crippen LogP contribution in [0.15, 0.2) is 23.0 Å². The lowest BCUT2D eigenvalue weighted by molar-refractivity contribution is 0.283. The summed E-state index contributed by atoms with van der Waals surface area (Å²) >= 11 is 0. The predicted molar refractivity (Wildman–Crippen MR) is 73.0 cm³/mol. The highest BCUT2D eigenvalue weighted by molar-refractivity contribution is 5.79. The Labute approximate surface area is 110 Å². The quantitative estimate of drug-likeness (QED) is 0.684. The molecule has 1 aromatic heterocycles. The second-order valence-electron chi connectivity index (χ2n) is 4.83. The van der Waals surface area contributed by atoms with Crippen LogP contribution in [0.1, 0.15) is 11.7 Å². The maximum Gasteiger partial charge on any atom is 0.330 e. The zero-order valence-corrected chi connectivity index (χ0v) is 10.9. The number of hydrogen-bond donors (Lipinski definition) is 3. The first-order chi connectivity index (χ1) is 9.24. The van der Waals surface area contributed by atoms with Gasteiger partial charge in [0, 0.05) is 32.2 Å². The summed E-state index contributed by atoms with van der Waals surface area (Å²) in [5.74, 6) is 0. The van der Waals surface area contributed by atoms with Crippen LogP contribution in [0.25, 0.3) is 11.0 Å². The van der Waals surface area contributed by atoms with Crippen molar-refractivity contribution in [3.05, 3.63) is 34.2 Å². The maximum atomic E-state index is 12.4. The molecule has 0 radical (unpaired) electrons. The molecule has 1 fully saturated rings. The first-order valence-electron chi connectivity index (χ1n) is 6.48. The number of rotatable bonds is 2. The summed E-state index contributed by atoms with van der Waals surface area (Å²) in [5, 5.41) is 16.0. The van der Waals surface area contributed by atoms with E-state index in [-0.39, 0.29) is 18.5 Å². The summed E-state index contributed by atoms with van der Waals surface area (Å²) in [5.41, 5.74) is 2.39. The summed E-state index contributed by atoms with van der Waals surface area (Å²) < 4.78 is 3.37. The molecule has 3 N–H and O–H groups in total. The fraction of sp³-hybridized carbons (Fsp3) is 0.462. The van der Waals surface area contributed by atoms with Crippen LogP contribution in [0, 0.1) is 0 Å². The Bertz CT molecular complexity index is 652. The van der Waals surface area contributed by atoms with Crippen molar-refractivity contribution in [2.75, 3.05) is 19.6 Å². The second-order valence-corrected chi connectivity index (χ2v) is 4.83. The van der Waals surface area contributed by atoms with E-state index in [2.05, 4.69) is 10.6 Å². The number of nitrogens with one attached hydrogen (secondary N) is 2. The number of aryl methyl sites for hydroxylation is 1. The van der Waals surface area contributed by atoms with Crippen LogP contribution >= 0.6 is 0 Å². The summed E-state index contributed by atoms with van der Waals surface area (Å²) in [7, 11) is 1.75. The Morgan fingerprint density at radius 2 is 2.26 bits per heavy atom. The highest BCUT2D eigenvalue weighted by atomic mass is 16.3. The van der Waals surface area contributed by atoms with E-state index in [0.717, 1.165) is 36.2 Å². The van der Waals surface area contributed by atoms with Crippen molar-refractivity contribution in [2.24, 2.45) is 7.05 Å². The molecule has 1 saturated heterocycles. The van der Waals surface area contributed by atoms with Crippen molar-refractivity contribution in [1.82, 2.24) is 19.8 Å². The van der Waals surface area contributed by atoms with Crippen molar-refractivity contribution >= 4 is 11.0 Å². The maximum absolute atomic E-state index is 12.4. The monoisotopic (exact) mass is 262 g/mol. The lowest BCUT2D eigenvalue weighted by Gasteiger charge is -2.25. The molecule has 1 atom stereocenters. The Kier molecular flexibility index (Phi) is 3.14. The smallest absolute Gasteiger partial charge is 0.330 e. The van der Waals surface area contributed by atoms with Gasteiger partial charge in [0.1, 0.15) is 6.17 Å². The van der Waals surface area contributed by atoms with Gasteiger partial charge in [-0.3, -0.25) is 14.5 Å². The van der Waals surface area contributed by atoms with Gasteiger partial charge in [-0.2, -0.15) is 0 Å². The zero-order valence-electron chi connectivity index (χ0n) is 10.9. The fourth-order valence-corrected chi connectivity index (χ4v) is 2.77. The van der Waals surface area contributed by atoms with Gasteiger partial charge in [-0.15, -0.1) is 0 Å². The van der Waals surface area contributed by atoms with E-state index in [1.807, 2.05) is 18.2 Å². The number of aliphatic hydroxyl groups is 1. The molecule has 2 aromatic rings. The van der Waals surface area contributed by atoms with E-state index >= 15 is 0 Å². The van der Waals surface area contributed by atoms with Gasteiger partial charge in [-0.25, -0.2) is 4.79 Å². The van der Waals surface area contributed by atoms with Crippen molar-refractivity contribution < 1.29 is 5.11 Å². The summed E-state index contributed by atoms with van der Waals surface area (Å²) in [6.45, 7) is 2.42. The normalized spacial score (nSPS) is 20.0. The molecule has 0 aliphatic carbocycles. The fourth-order valence-electron chi connectivity index (χ4n) is 2.77. The third-order valence-electron chi connectivity index (χ3n) is 3.69. The van der Waals surface area contributed by atoms with Crippen LogP contribution in [0.2, 0.25) is 0 Å². The Morgan fingerprint density at radius 1 is 1.42 bits per heavy atom. The van der Waals surface area contributed by atoms with Gasteiger partial charge in [-0.1, -0.05) is 12.1 Å². The van der Waals surface area contributed by atoms with Crippen LogP contribution in [0.5, 0.6) is 0 Å². The van der Waals surface area contributed by atoms with E-state index in [9.17, 15) is 9.90 Å². The standard InChI is InChI=1S/C13H18N4O2/c1-16-12-9(8-18)3-2-4-10(12)17(13(16)19)11-7-14-5-6-15-11/h2-4,11,14-15,18H,5-8H2,1H3. The van der Waals surface area contributed by atoms with Gasteiger partial charge in [0.05, 0.1) is 17.6 Å². The number of aromatic nitrogens is 2. The third-order valence-corrected chi connectivity index (χ3v) is 3.69. The van der Waals surface area contributed by atoms with Gasteiger partial charge in [0.25, 0.3) is 0 Å². The van der Waals surface area contributed by atoms with E-state index in [0.29, 0.717) is 0 Å². The predicted octanol–water partition coefficient (Wildman–Crippen LogP) is -0.476. The lowest BCUT2D eigenvalue weighted by atomic mass is 10.2. The zero-order chi connectivity index (χ0) is 13.4. The largest absolute Gasteiger partial charge is 0.392 e. The summed E-state index contributed by atoms with van der Waals surface area (Å²) in [6.07, 6.45) is -0.0427. The van der Waals surface area contributed by atoms with Crippen LogP contribution in [0.4, 0.5) is 0 Å². The number of aliphatic hydroxyl groups excluding tert-OH is 1. The highest BCUT2D eigenvalue weighted by Crippen LogP contribution is 2.20. The van der Waals surface area contributed by atoms with E-state index in [1.54, 1.807) is 16.2 Å². The topological polar surface area (TPSA) is 71.2 Å². The molecule has 1 aliphatic heterocycles. The third kappa shape index (κ3) is 1.88. The molecule has 1 aromatic carbocycles. The molecule has 0 spiro atoms. The second kappa shape index (κ2) is 4.80. The first kappa shape index (κ1) is 12.4. The van der Waals surface area contributed by atoms with Crippen molar-refractivity contribution in [1.29, 1.82) is 0 Å². The van der Waals surface area contributed by atoms with Crippen LogP contribution in [-0.2, 0) is 13.7 Å². The molecule has 0 amide bonds. The number of piperazine rings is 1. The van der Waals surface area contributed by atoms with Gasteiger partial charge < -0.3 is 10.4 Å². The van der Waals surface area contributed by atoms with Crippen molar-refractivity contribution in [3.8, 4) is 0 Å². The van der Waals surface area contributed by atoms with Gasteiger partial charge in [0.2, 0.25) is 0 Å². The number of nitrogens with zero attached hydrogens (tertiary/aromatic N) is 2. The number of fused-ring (bicyclic) bond motifs is 1. The molecule has 3 rings (SSSR count). The number of imidazole rings is 1. The molecule has 6 nitrogen and oxygen atoms in total. The molecule has 1 aliphatic rings. The Balaban J connectivity index is 2.24. The van der Waals surface area contributed by atoms with Gasteiger partial charge in [0.15, 0.2) is 0 Å². The van der Waals surface area contributed by atoms with Crippen molar-refractivity contribution in [2.45, 2.75) is 12.8 Å². The SMILES string of the molecule is Cn1c(=O)n(C2CNCCN2)c2cccc(CO)c21. The number of hydrogen-bond acceptors (Lipinski definition) is 4. The van der Waals surface area contributed by atoms with Crippen LogP contribution in [-0.4, -0.2) is 33.9 Å². The minimum Gasteiger partial charge on any atom is -0.392 e. The number of para-hydroxylation sites is 1. The van der Waals surface area contributed by atoms with Crippen LogP contribution in [0.3, 0.4) is 0 Å². The average molecular weight is 262 g/mol. The van der Waals surface area contributed by atoms with Gasteiger partial charge >= 0.3 is 5.69 Å². The molecule has 6 heteroatoms. The summed E-state index contributed by atoms with van der Waals surface area (Å²) in [6, 6.07) is 5.64. The minimum atomic E-state index is -0.0645. The molecular formula is C13H18N4O2. The Hall–Kier alpha value is -1.63.